The molecule has 110 valence electrons. The van der Waals surface area contributed by atoms with Gasteiger partial charge in [-0.15, -0.1) is 0 Å². The van der Waals surface area contributed by atoms with E-state index in [0.717, 1.165) is 12.1 Å². The quantitative estimate of drug-likeness (QED) is 0.885. The number of aromatic nitrogens is 1. The van der Waals surface area contributed by atoms with Gasteiger partial charge in [-0.3, -0.25) is 4.79 Å². The van der Waals surface area contributed by atoms with E-state index in [1.54, 1.807) is 18.3 Å². The second-order valence-electron chi connectivity index (χ2n) is 5.04. The van der Waals surface area contributed by atoms with E-state index in [-0.39, 0.29) is 11.9 Å². The molecule has 2 N–H and O–H groups in total. The lowest BCUT2D eigenvalue weighted by Crippen LogP contribution is -2.27. The number of rotatable bonds is 5. The van der Waals surface area contributed by atoms with Crippen LogP contribution in [0.4, 0.5) is 5.82 Å². The molecule has 0 spiro atoms. The number of benzene rings is 1. The van der Waals surface area contributed by atoms with Crippen LogP contribution in [-0.2, 0) is 0 Å². The Morgan fingerprint density at radius 1 is 1.24 bits per heavy atom. The van der Waals surface area contributed by atoms with Gasteiger partial charge in [-0.1, -0.05) is 29.8 Å². The molecule has 1 unspecified atom stereocenters. The summed E-state index contributed by atoms with van der Waals surface area (Å²) in [5.41, 5.74) is 2.86. The molecule has 0 saturated carbocycles. The van der Waals surface area contributed by atoms with E-state index in [1.807, 2.05) is 45.0 Å². The van der Waals surface area contributed by atoms with Crippen LogP contribution in [0.3, 0.4) is 0 Å². The van der Waals surface area contributed by atoms with E-state index in [1.165, 1.54) is 5.56 Å². The maximum absolute atomic E-state index is 12.4. The summed E-state index contributed by atoms with van der Waals surface area (Å²) in [7, 11) is 0. The summed E-state index contributed by atoms with van der Waals surface area (Å²) in [5, 5.41) is 6.12. The predicted molar refractivity (Wildman–Crippen MR) is 85.5 cm³/mol. The number of amides is 1. The van der Waals surface area contributed by atoms with Crippen LogP contribution in [0.25, 0.3) is 0 Å². The fourth-order valence-corrected chi connectivity index (χ4v) is 2.11. The molecule has 21 heavy (non-hydrogen) atoms. The van der Waals surface area contributed by atoms with Crippen LogP contribution in [-0.4, -0.2) is 17.4 Å². The van der Waals surface area contributed by atoms with Crippen LogP contribution < -0.4 is 10.6 Å². The first kappa shape index (κ1) is 15.0. The zero-order chi connectivity index (χ0) is 15.2. The number of anilines is 1. The summed E-state index contributed by atoms with van der Waals surface area (Å²) < 4.78 is 0. The molecule has 1 amide bonds. The second kappa shape index (κ2) is 6.88. The smallest absolute Gasteiger partial charge is 0.255 e. The van der Waals surface area contributed by atoms with Gasteiger partial charge in [0.1, 0.15) is 5.82 Å². The molecular formula is C17H21N3O. The summed E-state index contributed by atoms with van der Waals surface area (Å²) >= 11 is 0. The summed E-state index contributed by atoms with van der Waals surface area (Å²) in [6, 6.07) is 11.7. The molecule has 1 heterocycles. The first-order valence-corrected chi connectivity index (χ1v) is 7.18. The predicted octanol–water partition coefficient (Wildman–Crippen LogP) is 3.31. The monoisotopic (exact) mass is 283 g/mol. The van der Waals surface area contributed by atoms with E-state index in [9.17, 15) is 4.79 Å². The van der Waals surface area contributed by atoms with E-state index in [2.05, 4.69) is 15.6 Å². The van der Waals surface area contributed by atoms with E-state index in [4.69, 9.17) is 0 Å². The minimum atomic E-state index is -0.118. The second-order valence-corrected chi connectivity index (χ2v) is 5.04. The van der Waals surface area contributed by atoms with Gasteiger partial charge in [-0.2, -0.15) is 0 Å². The van der Waals surface area contributed by atoms with E-state index >= 15 is 0 Å². The number of nitrogens with zero attached hydrogens (tertiary/aromatic N) is 1. The molecule has 2 rings (SSSR count). The van der Waals surface area contributed by atoms with Gasteiger partial charge < -0.3 is 10.6 Å². The lowest BCUT2D eigenvalue weighted by Gasteiger charge is -2.16. The minimum absolute atomic E-state index is 0.0483. The van der Waals surface area contributed by atoms with Crippen molar-refractivity contribution in [3.8, 4) is 0 Å². The summed E-state index contributed by atoms with van der Waals surface area (Å²) in [6.07, 6.45) is 1.68. The van der Waals surface area contributed by atoms with Gasteiger partial charge >= 0.3 is 0 Å². The van der Waals surface area contributed by atoms with Gasteiger partial charge in [0, 0.05) is 12.7 Å². The normalized spacial score (nSPS) is 11.8. The standard InChI is InChI=1S/C17H21N3O/c1-4-18-16-15(6-5-11-19-16)17(21)20-13(3)14-9-7-12(2)8-10-14/h5-11,13H,4H2,1-3H3,(H,18,19)(H,20,21). The third kappa shape index (κ3) is 3.81. The fourth-order valence-electron chi connectivity index (χ4n) is 2.11. The average molecular weight is 283 g/mol. The van der Waals surface area contributed by atoms with Crippen molar-refractivity contribution in [2.75, 3.05) is 11.9 Å². The van der Waals surface area contributed by atoms with Crippen LogP contribution in [0.1, 0.15) is 41.4 Å². The SMILES string of the molecule is CCNc1ncccc1C(=O)NC(C)c1ccc(C)cc1. The molecule has 0 aliphatic carbocycles. The van der Waals surface area contributed by atoms with Crippen molar-refractivity contribution in [3.05, 3.63) is 59.3 Å². The van der Waals surface area contributed by atoms with Crippen LogP contribution >= 0.6 is 0 Å². The van der Waals surface area contributed by atoms with Crippen LogP contribution in [0, 0.1) is 6.92 Å². The molecule has 0 saturated heterocycles. The van der Waals surface area contributed by atoms with Crippen molar-refractivity contribution >= 4 is 11.7 Å². The highest BCUT2D eigenvalue weighted by molar-refractivity contribution is 5.98. The molecular weight excluding hydrogens is 262 g/mol. The van der Waals surface area contributed by atoms with Crippen LogP contribution in [0.2, 0.25) is 0 Å². The third-order valence-corrected chi connectivity index (χ3v) is 3.32. The lowest BCUT2D eigenvalue weighted by molar-refractivity contribution is 0.0940. The Morgan fingerprint density at radius 2 is 1.95 bits per heavy atom. The Bertz CT molecular complexity index is 608. The van der Waals surface area contributed by atoms with Crippen molar-refractivity contribution < 1.29 is 4.79 Å². The Balaban J connectivity index is 2.12. The van der Waals surface area contributed by atoms with E-state index in [0.29, 0.717) is 11.4 Å². The Morgan fingerprint density at radius 3 is 2.62 bits per heavy atom. The van der Waals surface area contributed by atoms with Gasteiger partial charge in [0.05, 0.1) is 11.6 Å². The molecule has 1 atom stereocenters. The number of pyridine rings is 1. The molecule has 1 aromatic carbocycles. The molecule has 0 bridgehead atoms. The van der Waals surface area contributed by atoms with Crippen molar-refractivity contribution in [1.29, 1.82) is 0 Å². The summed E-state index contributed by atoms with van der Waals surface area (Å²) in [6.45, 7) is 6.73. The topological polar surface area (TPSA) is 54.0 Å². The Hall–Kier alpha value is -2.36. The maximum atomic E-state index is 12.4. The molecule has 4 heteroatoms. The average Bonchev–Trinajstić information content (AvgIpc) is 2.48. The van der Waals surface area contributed by atoms with Gasteiger partial charge in [-0.25, -0.2) is 4.98 Å². The fraction of sp³-hybridized carbons (Fsp3) is 0.294. The van der Waals surface area contributed by atoms with Crippen molar-refractivity contribution in [2.24, 2.45) is 0 Å². The highest BCUT2D eigenvalue weighted by Crippen LogP contribution is 2.16. The molecule has 4 nitrogen and oxygen atoms in total. The Kier molecular flexibility index (Phi) is 4.93. The van der Waals surface area contributed by atoms with Gasteiger partial charge in [-0.05, 0) is 38.5 Å². The van der Waals surface area contributed by atoms with Crippen molar-refractivity contribution in [3.63, 3.8) is 0 Å². The van der Waals surface area contributed by atoms with Gasteiger partial charge in [0.15, 0.2) is 0 Å². The summed E-state index contributed by atoms with van der Waals surface area (Å²) in [4.78, 5) is 16.6. The highest BCUT2D eigenvalue weighted by atomic mass is 16.1. The lowest BCUT2D eigenvalue weighted by atomic mass is 10.1. The van der Waals surface area contributed by atoms with Crippen LogP contribution in [0.15, 0.2) is 42.6 Å². The number of aryl methyl sites for hydroxylation is 1. The number of carbonyl (C=O) groups excluding carboxylic acids is 1. The van der Waals surface area contributed by atoms with Gasteiger partial charge in [0.25, 0.3) is 5.91 Å². The van der Waals surface area contributed by atoms with Crippen LogP contribution in [0.5, 0.6) is 0 Å². The minimum Gasteiger partial charge on any atom is -0.370 e. The molecule has 0 aliphatic rings. The number of nitrogens with one attached hydrogen (secondary N) is 2. The van der Waals surface area contributed by atoms with Crippen molar-refractivity contribution in [2.45, 2.75) is 26.8 Å². The largest absolute Gasteiger partial charge is 0.370 e. The molecule has 2 aromatic rings. The summed E-state index contributed by atoms with van der Waals surface area (Å²) in [5.74, 6) is 0.501. The highest BCUT2D eigenvalue weighted by Gasteiger charge is 2.15. The van der Waals surface area contributed by atoms with E-state index < -0.39 is 0 Å². The zero-order valence-electron chi connectivity index (χ0n) is 12.7. The molecule has 0 fully saturated rings. The molecule has 0 aliphatic heterocycles. The molecule has 1 aromatic heterocycles. The number of hydrogen-bond acceptors (Lipinski definition) is 3. The first-order valence-electron chi connectivity index (χ1n) is 7.18. The number of hydrogen-bond donors (Lipinski definition) is 2. The molecule has 0 radical (unpaired) electrons. The van der Waals surface area contributed by atoms with Crippen molar-refractivity contribution in [1.82, 2.24) is 10.3 Å². The first-order chi connectivity index (χ1) is 10.1. The Labute approximate surface area is 125 Å². The van der Waals surface area contributed by atoms with Gasteiger partial charge in [0.2, 0.25) is 0 Å². The maximum Gasteiger partial charge on any atom is 0.255 e. The zero-order valence-corrected chi connectivity index (χ0v) is 12.7. The third-order valence-electron chi connectivity index (χ3n) is 3.32. The number of carbonyl (C=O) groups is 1.